The standard InChI is InChI=1S/C17H22N2O2/c1-17(2,3)15(8-10-20)19-16(21)13-6-7-14-12(11-13)5-4-9-18-14/h4-7,9,11,15,20H,8,10H2,1-3H3,(H,19,21). The highest BCUT2D eigenvalue weighted by atomic mass is 16.3. The largest absolute Gasteiger partial charge is 0.396 e. The number of amides is 1. The molecule has 1 heterocycles. The van der Waals surface area contributed by atoms with E-state index in [1.807, 2.05) is 24.3 Å². The van der Waals surface area contributed by atoms with Crippen LogP contribution in [0.1, 0.15) is 37.6 Å². The van der Waals surface area contributed by atoms with Gasteiger partial charge in [-0.3, -0.25) is 9.78 Å². The van der Waals surface area contributed by atoms with Crippen LogP contribution in [0.15, 0.2) is 36.5 Å². The lowest BCUT2D eigenvalue weighted by Crippen LogP contribution is -2.44. The van der Waals surface area contributed by atoms with Crippen LogP contribution in [0.25, 0.3) is 10.9 Å². The molecule has 1 aromatic heterocycles. The van der Waals surface area contributed by atoms with Crippen LogP contribution in [0.5, 0.6) is 0 Å². The number of hydrogen-bond donors (Lipinski definition) is 2. The molecule has 112 valence electrons. The molecule has 0 saturated heterocycles. The Hall–Kier alpha value is -1.94. The first-order valence-electron chi connectivity index (χ1n) is 7.18. The average Bonchev–Trinajstić information content (AvgIpc) is 2.45. The Bertz CT molecular complexity index is 632. The number of pyridine rings is 1. The second kappa shape index (κ2) is 6.22. The summed E-state index contributed by atoms with van der Waals surface area (Å²) in [5, 5.41) is 13.1. The first kappa shape index (κ1) is 15.4. The highest BCUT2D eigenvalue weighted by Crippen LogP contribution is 2.22. The molecule has 0 bridgehead atoms. The summed E-state index contributed by atoms with van der Waals surface area (Å²) < 4.78 is 0. The zero-order valence-corrected chi connectivity index (χ0v) is 12.8. The van der Waals surface area contributed by atoms with Crippen LogP contribution >= 0.6 is 0 Å². The number of aliphatic hydroxyl groups excluding tert-OH is 1. The Kier molecular flexibility index (Phi) is 4.58. The van der Waals surface area contributed by atoms with Crippen molar-refractivity contribution in [2.24, 2.45) is 5.41 Å². The molecule has 1 unspecified atom stereocenters. The second-order valence-corrected chi connectivity index (χ2v) is 6.32. The van der Waals surface area contributed by atoms with Crippen molar-refractivity contribution in [3.05, 3.63) is 42.1 Å². The highest BCUT2D eigenvalue weighted by molar-refractivity contribution is 5.98. The molecular weight excluding hydrogens is 264 g/mol. The number of nitrogens with zero attached hydrogens (tertiary/aromatic N) is 1. The van der Waals surface area contributed by atoms with E-state index in [-0.39, 0.29) is 24.0 Å². The molecule has 0 saturated carbocycles. The molecule has 1 aromatic carbocycles. The van der Waals surface area contributed by atoms with E-state index in [1.165, 1.54) is 0 Å². The number of aliphatic hydroxyl groups is 1. The van der Waals surface area contributed by atoms with E-state index in [4.69, 9.17) is 5.11 Å². The number of benzene rings is 1. The third-order valence-corrected chi connectivity index (χ3v) is 3.63. The molecule has 4 nitrogen and oxygen atoms in total. The summed E-state index contributed by atoms with van der Waals surface area (Å²) in [7, 11) is 0. The van der Waals surface area contributed by atoms with Crippen LogP contribution in [-0.4, -0.2) is 28.6 Å². The number of nitrogens with one attached hydrogen (secondary N) is 1. The van der Waals surface area contributed by atoms with E-state index in [2.05, 4.69) is 31.1 Å². The van der Waals surface area contributed by atoms with Gasteiger partial charge in [0.25, 0.3) is 5.91 Å². The van der Waals surface area contributed by atoms with Gasteiger partial charge < -0.3 is 10.4 Å². The van der Waals surface area contributed by atoms with Gasteiger partial charge in [0.2, 0.25) is 0 Å². The van der Waals surface area contributed by atoms with Gasteiger partial charge in [0.05, 0.1) is 5.52 Å². The fourth-order valence-electron chi connectivity index (χ4n) is 2.31. The Morgan fingerprint density at radius 1 is 1.33 bits per heavy atom. The van der Waals surface area contributed by atoms with Gasteiger partial charge in [-0.1, -0.05) is 26.8 Å². The van der Waals surface area contributed by atoms with Crippen molar-refractivity contribution in [3.63, 3.8) is 0 Å². The maximum Gasteiger partial charge on any atom is 0.251 e. The molecule has 1 atom stereocenters. The van der Waals surface area contributed by atoms with E-state index in [9.17, 15) is 4.79 Å². The van der Waals surface area contributed by atoms with Crippen LogP contribution in [0.4, 0.5) is 0 Å². The summed E-state index contributed by atoms with van der Waals surface area (Å²) in [6.45, 7) is 6.22. The molecule has 0 aliphatic carbocycles. The molecule has 4 heteroatoms. The van der Waals surface area contributed by atoms with Gasteiger partial charge in [-0.15, -0.1) is 0 Å². The lowest BCUT2D eigenvalue weighted by Gasteiger charge is -2.31. The van der Waals surface area contributed by atoms with Crippen molar-refractivity contribution < 1.29 is 9.90 Å². The average molecular weight is 286 g/mol. The summed E-state index contributed by atoms with van der Waals surface area (Å²) in [6.07, 6.45) is 2.28. The minimum Gasteiger partial charge on any atom is -0.396 e. The second-order valence-electron chi connectivity index (χ2n) is 6.32. The van der Waals surface area contributed by atoms with E-state index in [0.717, 1.165) is 10.9 Å². The number of aromatic nitrogens is 1. The topological polar surface area (TPSA) is 62.2 Å². The SMILES string of the molecule is CC(C)(C)C(CCO)NC(=O)c1ccc2ncccc2c1. The number of hydrogen-bond acceptors (Lipinski definition) is 3. The van der Waals surface area contributed by atoms with Crippen molar-refractivity contribution in [2.45, 2.75) is 33.2 Å². The van der Waals surface area contributed by atoms with E-state index >= 15 is 0 Å². The number of fused-ring (bicyclic) bond motifs is 1. The maximum atomic E-state index is 12.4. The summed E-state index contributed by atoms with van der Waals surface area (Å²) in [6, 6.07) is 9.20. The van der Waals surface area contributed by atoms with E-state index in [1.54, 1.807) is 12.3 Å². The molecule has 2 aromatic rings. The predicted octanol–water partition coefficient (Wildman–Crippen LogP) is 2.76. The van der Waals surface area contributed by atoms with Crippen molar-refractivity contribution in [1.82, 2.24) is 10.3 Å². The highest BCUT2D eigenvalue weighted by Gasteiger charge is 2.26. The minimum absolute atomic E-state index is 0.0594. The zero-order valence-electron chi connectivity index (χ0n) is 12.8. The minimum atomic E-state index is -0.117. The number of carbonyl (C=O) groups is 1. The molecule has 0 spiro atoms. The van der Waals surface area contributed by atoms with Gasteiger partial charge in [-0.25, -0.2) is 0 Å². The fourth-order valence-corrected chi connectivity index (χ4v) is 2.31. The summed E-state index contributed by atoms with van der Waals surface area (Å²) in [4.78, 5) is 16.7. The molecule has 0 aliphatic rings. The normalized spacial score (nSPS) is 13.1. The quantitative estimate of drug-likeness (QED) is 0.908. The van der Waals surface area contributed by atoms with Gasteiger partial charge in [0, 0.05) is 29.8 Å². The van der Waals surface area contributed by atoms with Gasteiger partial charge in [0.1, 0.15) is 0 Å². The third kappa shape index (κ3) is 3.79. The molecule has 0 radical (unpaired) electrons. The Labute approximate surface area is 125 Å². The van der Waals surface area contributed by atoms with Gasteiger partial charge in [-0.05, 0) is 36.1 Å². The molecular formula is C17H22N2O2. The molecule has 1 amide bonds. The van der Waals surface area contributed by atoms with Crippen LogP contribution < -0.4 is 5.32 Å². The van der Waals surface area contributed by atoms with Crippen molar-refractivity contribution in [2.75, 3.05) is 6.61 Å². The Morgan fingerprint density at radius 2 is 2.10 bits per heavy atom. The van der Waals surface area contributed by atoms with Crippen LogP contribution in [-0.2, 0) is 0 Å². The molecule has 2 N–H and O–H groups in total. The molecule has 0 aliphatic heterocycles. The van der Waals surface area contributed by atoms with Gasteiger partial charge in [-0.2, -0.15) is 0 Å². The Balaban J connectivity index is 2.21. The van der Waals surface area contributed by atoms with Crippen molar-refractivity contribution in [1.29, 1.82) is 0 Å². The Morgan fingerprint density at radius 3 is 2.76 bits per heavy atom. The number of rotatable bonds is 4. The summed E-state index contributed by atoms with van der Waals surface area (Å²) in [5.74, 6) is -0.117. The summed E-state index contributed by atoms with van der Waals surface area (Å²) >= 11 is 0. The summed E-state index contributed by atoms with van der Waals surface area (Å²) in [5.41, 5.74) is 1.39. The van der Waals surface area contributed by atoms with Crippen LogP contribution in [0, 0.1) is 5.41 Å². The fraction of sp³-hybridized carbons (Fsp3) is 0.412. The first-order chi connectivity index (χ1) is 9.91. The van der Waals surface area contributed by atoms with Crippen molar-refractivity contribution >= 4 is 16.8 Å². The zero-order chi connectivity index (χ0) is 15.5. The molecule has 2 rings (SSSR count). The van der Waals surface area contributed by atoms with Crippen molar-refractivity contribution in [3.8, 4) is 0 Å². The molecule has 0 fully saturated rings. The predicted molar refractivity (Wildman–Crippen MR) is 84.2 cm³/mol. The van der Waals surface area contributed by atoms with Gasteiger partial charge >= 0.3 is 0 Å². The molecule has 21 heavy (non-hydrogen) atoms. The van der Waals surface area contributed by atoms with E-state index < -0.39 is 0 Å². The lowest BCUT2D eigenvalue weighted by molar-refractivity contribution is 0.0885. The van der Waals surface area contributed by atoms with Crippen LogP contribution in [0.3, 0.4) is 0 Å². The number of carbonyl (C=O) groups excluding carboxylic acids is 1. The lowest BCUT2D eigenvalue weighted by atomic mass is 9.84. The van der Waals surface area contributed by atoms with Gasteiger partial charge in [0.15, 0.2) is 0 Å². The van der Waals surface area contributed by atoms with E-state index in [0.29, 0.717) is 12.0 Å². The third-order valence-electron chi connectivity index (χ3n) is 3.63. The van der Waals surface area contributed by atoms with Crippen LogP contribution in [0.2, 0.25) is 0 Å². The maximum absolute atomic E-state index is 12.4. The smallest absolute Gasteiger partial charge is 0.251 e. The first-order valence-corrected chi connectivity index (χ1v) is 7.18. The monoisotopic (exact) mass is 286 g/mol.